The summed E-state index contributed by atoms with van der Waals surface area (Å²) < 4.78 is 0. The lowest BCUT2D eigenvalue weighted by Gasteiger charge is -2.16. The molecule has 1 saturated heterocycles. The first-order valence-electron chi connectivity index (χ1n) is 7.01. The van der Waals surface area contributed by atoms with Crippen molar-refractivity contribution < 1.29 is 14.7 Å². The van der Waals surface area contributed by atoms with Crippen LogP contribution < -0.4 is 0 Å². The van der Waals surface area contributed by atoms with Crippen LogP contribution in [0.3, 0.4) is 0 Å². The van der Waals surface area contributed by atoms with Gasteiger partial charge < -0.3 is 10.0 Å². The Morgan fingerprint density at radius 1 is 1.48 bits per heavy atom. The standard InChI is InChI=1S/C16H18ClNO3/c1-2-11-7-8-18(10-11)16(21)13-4-3-12(14(17)9-13)5-6-15(19)20/h3-6,9,11H,2,7-8,10H2,1H3,(H,19,20)/b6-5+. The van der Waals surface area contributed by atoms with Gasteiger partial charge in [0.2, 0.25) is 0 Å². The van der Waals surface area contributed by atoms with Gasteiger partial charge in [-0.3, -0.25) is 4.79 Å². The van der Waals surface area contributed by atoms with Crippen molar-refractivity contribution in [2.24, 2.45) is 5.92 Å². The molecule has 1 atom stereocenters. The van der Waals surface area contributed by atoms with Crippen LogP contribution in [0.25, 0.3) is 6.08 Å². The highest BCUT2D eigenvalue weighted by Crippen LogP contribution is 2.24. The first-order chi connectivity index (χ1) is 10.0. The van der Waals surface area contributed by atoms with E-state index < -0.39 is 5.97 Å². The highest BCUT2D eigenvalue weighted by Gasteiger charge is 2.25. The van der Waals surface area contributed by atoms with Crippen LogP contribution >= 0.6 is 11.6 Å². The molecule has 1 aliphatic rings. The van der Waals surface area contributed by atoms with Crippen LogP contribution in [0.1, 0.15) is 35.7 Å². The molecular formula is C16H18ClNO3. The molecule has 2 rings (SSSR count). The van der Waals surface area contributed by atoms with Crippen molar-refractivity contribution in [2.45, 2.75) is 19.8 Å². The van der Waals surface area contributed by atoms with Crippen molar-refractivity contribution >= 4 is 29.6 Å². The Morgan fingerprint density at radius 3 is 2.81 bits per heavy atom. The van der Waals surface area contributed by atoms with Gasteiger partial charge in [-0.1, -0.05) is 31.0 Å². The van der Waals surface area contributed by atoms with Gasteiger partial charge in [-0.25, -0.2) is 4.79 Å². The molecular weight excluding hydrogens is 290 g/mol. The van der Waals surface area contributed by atoms with E-state index in [0.717, 1.165) is 32.0 Å². The lowest BCUT2D eigenvalue weighted by atomic mass is 10.1. The van der Waals surface area contributed by atoms with E-state index in [9.17, 15) is 9.59 Å². The van der Waals surface area contributed by atoms with Crippen molar-refractivity contribution in [2.75, 3.05) is 13.1 Å². The molecule has 0 aromatic heterocycles. The number of carboxylic acids is 1. The normalized spacial score (nSPS) is 18.4. The van der Waals surface area contributed by atoms with Gasteiger partial charge in [0.05, 0.1) is 0 Å². The summed E-state index contributed by atoms with van der Waals surface area (Å²) in [6.45, 7) is 3.72. The molecule has 1 aromatic carbocycles. The van der Waals surface area contributed by atoms with E-state index in [0.29, 0.717) is 22.1 Å². The third-order valence-corrected chi connectivity index (χ3v) is 4.13. The summed E-state index contributed by atoms with van der Waals surface area (Å²) in [7, 11) is 0. The first kappa shape index (κ1) is 15.6. The smallest absolute Gasteiger partial charge is 0.328 e. The molecule has 0 bridgehead atoms. The topological polar surface area (TPSA) is 57.6 Å². The quantitative estimate of drug-likeness (QED) is 0.868. The summed E-state index contributed by atoms with van der Waals surface area (Å²) in [6.07, 6.45) is 4.58. The molecule has 21 heavy (non-hydrogen) atoms. The van der Waals surface area contributed by atoms with Crippen LogP contribution in [-0.2, 0) is 4.79 Å². The Hall–Kier alpha value is -1.81. The van der Waals surface area contributed by atoms with Gasteiger partial charge in [-0.05, 0) is 36.1 Å². The Morgan fingerprint density at radius 2 is 2.24 bits per heavy atom. The number of hydrogen-bond acceptors (Lipinski definition) is 2. The number of carboxylic acid groups (broad SMARTS) is 1. The monoisotopic (exact) mass is 307 g/mol. The molecule has 1 unspecified atom stereocenters. The van der Waals surface area contributed by atoms with Gasteiger partial charge in [0, 0.05) is 29.8 Å². The van der Waals surface area contributed by atoms with E-state index in [-0.39, 0.29) is 5.91 Å². The summed E-state index contributed by atoms with van der Waals surface area (Å²) in [5, 5.41) is 8.99. The third kappa shape index (κ3) is 3.85. The number of rotatable bonds is 4. The molecule has 5 heteroatoms. The number of aliphatic carboxylic acids is 1. The molecule has 1 amide bonds. The van der Waals surface area contributed by atoms with Gasteiger partial charge in [-0.2, -0.15) is 0 Å². The van der Waals surface area contributed by atoms with E-state index in [4.69, 9.17) is 16.7 Å². The van der Waals surface area contributed by atoms with E-state index in [1.807, 2.05) is 4.90 Å². The Labute approximate surface area is 129 Å². The number of amides is 1. The lowest BCUT2D eigenvalue weighted by Crippen LogP contribution is -2.28. The maximum Gasteiger partial charge on any atom is 0.328 e. The Bertz CT molecular complexity index is 583. The highest BCUT2D eigenvalue weighted by atomic mass is 35.5. The van der Waals surface area contributed by atoms with Crippen molar-refractivity contribution in [1.29, 1.82) is 0 Å². The van der Waals surface area contributed by atoms with Crippen LogP contribution in [0.2, 0.25) is 5.02 Å². The minimum Gasteiger partial charge on any atom is -0.478 e. The fraction of sp³-hybridized carbons (Fsp3) is 0.375. The largest absolute Gasteiger partial charge is 0.478 e. The minimum absolute atomic E-state index is 0.0124. The molecule has 0 saturated carbocycles. The fourth-order valence-corrected chi connectivity index (χ4v) is 2.73. The minimum atomic E-state index is -1.03. The molecule has 1 fully saturated rings. The van der Waals surface area contributed by atoms with E-state index in [1.165, 1.54) is 6.08 Å². The maximum absolute atomic E-state index is 12.4. The molecule has 1 aliphatic heterocycles. The summed E-state index contributed by atoms with van der Waals surface area (Å²) in [4.78, 5) is 24.7. The zero-order chi connectivity index (χ0) is 15.4. The number of likely N-dealkylation sites (tertiary alicyclic amines) is 1. The van der Waals surface area contributed by atoms with Gasteiger partial charge in [-0.15, -0.1) is 0 Å². The highest BCUT2D eigenvalue weighted by molar-refractivity contribution is 6.32. The second kappa shape index (κ2) is 6.76. The zero-order valence-electron chi connectivity index (χ0n) is 11.9. The predicted molar refractivity (Wildman–Crippen MR) is 82.4 cm³/mol. The third-order valence-electron chi connectivity index (χ3n) is 3.80. The number of carbonyl (C=O) groups is 2. The Balaban J connectivity index is 2.13. The molecule has 1 aromatic rings. The number of carbonyl (C=O) groups excluding carboxylic acids is 1. The van der Waals surface area contributed by atoms with E-state index >= 15 is 0 Å². The molecule has 0 radical (unpaired) electrons. The van der Waals surface area contributed by atoms with Crippen LogP contribution in [0.5, 0.6) is 0 Å². The number of benzene rings is 1. The van der Waals surface area contributed by atoms with Crippen LogP contribution in [0.4, 0.5) is 0 Å². The molecule has 112 valence electrons. The second-order valence-electron chi connectivity index (χ2n) is 5.22. The van der Waals surface area contributed by atoms with Gasteiger partial charge in [0.25, 0.3) is 5.91 Å². The van der Waals surface area contributed by atoms with Crippen LogP contribution in [-0.4, -0.2) is 35.0 Å². The van der Waals surface area contributed by atoms with Crippen LogP contribution in [0, 0.1) is 5.92 Å². The molecule has 0 spiro atoms. The molecule has 1 heterocycles. The Kier molecular flexibility index (Phi) is 5.02. The second-order valence-corrected chi connectivity index (χ2v) is 5.63. The van der Waals surface area contributed by atoms with Crippen molar-refractivity contribution in [3.8, 4) is 0 Å². The number of nitrogens with zero attached hydrogens (tertiary/aromatic N) is 1. The number of halogens is 1. The summed E-state index contributed by atoms with van der Waals surface area (Å²) >= 11 is 6.10. The summed E-state index contributed by atoms with van der Waals surface area (Å²) in [5.41, 5.74) is 1.13. The average Bonchev–Trinajstić information content (AvgIpc) is 2.93. The van der Waals surface area contributed by atoms with Crippen LogP contribution in [0.15, 0.2) is 24.3 Å². The van der Waals surface area contributed by atoms with E-state index in [1.54, 1.807) is 18.2 Å². The fourth-order valence-electron chi connectivity index (χ4n) is 2.49. The average molecular weight is 308 g/mol. The molecule has 4 nitrogen and oxygen atoms in total. The van der Waals surface area contributed by atoms with Gasteiger partial charge in [0.1, 0.15) is 0 Å². The summed E-state index contributed by atoms with van der Waals surface area (Å²) in [6, 6.07) is 4.96. The van der Waals surface area contributed by atoms with E-state index in [2.05, 4.69) is 6.92 Å². The SMILES string of the molecule is CCC1CCN(C(=O)c2ccc(/C=C/C(=O)O)c(Cl)c2)C1. The molecule has 0 aliphatic carbocycles. The van der Waals surface area contributed by atoms with Crippen molar-refractivity contribution in [1.82, 2.24) is 4.90 Å². The molecule has 1 N–H and O–H groups in total. The van der Waals surface area contributed by atoms with Crippen molar-refractivity contribution in [3.63, 3.8) is 0 Å². The van der Waals surface area contributed by atoms with Crippen molar-refractivity contribution in [3.05, 3.63) is 40.4 Å². The maximum atomic E-state index is 12.4. The predicted octanol–water partition coefficient (Wildman–Crippen LogP) is 3.31. The zero-order valence-corrected chi connectivity index (χ0v) is 12.6. The number of hydrogen-bond donors (Lipinski definition) is 1. The van der Waals surface area contributed by atoms with Gasteiger partial charge >= 0.3 is 5.97 Å². The van der Waals surface area contributed by atoms with Gasteiger partial charge in [0.15, 0.2) is 0 Å². The lowest BCUT2D eigenvalue weighted by molar-refractivity contribution is -0.131. The first-order valence-corrected chi connectivity index (χ1v) is 7.39. The summed E-state index contributed by atoms with van der Waals surface area (Å²) in [5.74, 6) is -0.460.